The Balaban J connectivity index is 0.00000341. The number of amidine groups is 8. The number of anilines is 1. The second-order valence-electron chi connectivity index (χ2n) is 13.9. The van der Waals surface area contributed by atoms with E-state index in [1.54, 1.807) is 0 Å². The van der Waals surface area contributed by atoms with Gasteiger partial charge in [-0.2, -0.15) is 0 Å². The predicted octanol–water partition coefficient (Wildman–Crippen LogP) is 7.35. The van der Waals surface area contributed by atoms with Crippen LogP contribution in [0.1, 0.15) is 57.3 Å². The Morgan fingerprint density at radius 2 is 0.630 bits per heavy atom. The first-order chi connectivity index (χ1) is 26.2. The summed E-state index contributed by atoms with van der Waals surface area (Å²) < 4.78 is 0. The third kappa shape index (κ3) is 4.77. The van der Waals surface area contributed by atoms with Crippen LogP contribution in [0.15, 0.2) is 155 Å². The van der Waals surface area contributed by atoms with E-state index < -0.39 is 0 Å². The van der Waals surface area contributed by atoms with E-state index in [9.17, 15) is 0 Å². The zero-order valence-corrected chi connectivity index (χ0v) is 31.7. The van der Waals surface area contributed by atoms with Crippen molar-refractivity contribution in [3.8, 4) is 0 Å². The summed E-state index contributed by atoms with van der Waals surface area (Å²) in [6, 6.07) is 39.8. The molecule has 0 spiro atoms. The molecule has 54 heavy (non-hydrogen) atoms. The molecule has 6 aliphatic heterocycles. The van der Waals surface area contributed by atoms with E-state index in [1.807, 2.05) is 72.8 Å². The van der Waals surface area contributed by atoms with Gasteiger partial charge < -0.3 is 4.90 Å². The third-order valence-corrected chi connectivity index (χ3v) is 10.8. The molecule has 0 unspecified atom stereocenters. The zero-order valence-electron chi connectivity index (χ0n) is 28.8. The largest absolute Gasteiger partial charge is 0.372 e. The van der Waals surface area contributed by atoms with E-state index >= 15 is 0 Å². The Bertz CT molecular complexity index is 2960. The number of nitrogens with zero attached hydrogens (tertiary/aromatic N) is 9. The van der Waals surface area contributed by atoms with E-state index in [0.29, 0.717) is 46.7 Å². The van der Waals surface area contributed by atoms with Crippen LogP contribution in [0.5, 0.6) is 0 Å². The number of rotatable bonds is 1. The molecule has 0 atom stereocenters. The molecule has 0 aromatic heterocycles. The molecule has 1 saturated heterocycles. The average molecular weight is 800 g/mol. The van der Waals surface area contributed by atoms with Crippen molar-refractivity contribution in [3.63, 3.8) is 0 Å². The summed E-state index contributed by atoms with van der Waals surface area (Å²) in [5.41, 5.74) is 8.41. The van der Waals surface area contributed by atoms with Crippen molar-refractivity contribution in [2.24, 2.45) is 39.9 Å². The summed E-state index contributed by atoms with van der Waals surface area (Å²) in [6.07, 6.45) is 2.49. The molecule has 10 heteroatoms. The monoisotopic (exact) mass is 801 g/mol. The smallest absolute Gasteiger partial charge is 0.164 e. The van der Waals surface area contributed by atoms with Gasteiger partial charge in [0.15, 0.2) is 46.7 Å². The van der Waals surface area contributed by atoms with Gasteiger partial charge in [0.05, 0.1) is 0 Å². The van der Waals surface area contributed by atoms with E-state index in [4.69, 9.17) is 39.9 Å². The van der Waals surface area contributed by atoms with Crippen molar-refractivity contribution in [2.75, 3.05) is 18.0 Å². The Labute approximate surface area is 326 Å². The van der Waals surface area contributed by atoms with Crippen LogP contribution >= 0.6 is 0 Å². The second-order valence-corrected chi connectivity index (χ2v) is 13.9. The molecule has 0 saturated carbocycles. The van der Waals surface area contributed by atoms with Crippen molar-refractivity contribution in [1.29, 1.82) is 0 Å². The molecule has 1 fully saturated rings. The van der Waals surface area contributed by atoms with Crippen LogP contribution in [0.25, 0.3) is 21.5 Å². The summed E-state index contributed by atoms with van der Waals surface area (Å²) in [5.74, 6) is 4.38. The van der Waals surface area contributed by atoms with Crippen molar-refractivity contribution in [3.05, 3.63) is 160 Å². The van der Waals surface area contributed by atoms with Gasteiger partial charge in [0.25, 0.3) is 0 Å². The van der Waals surface area contributed by atoms with Crippen LogP contribution in [-0.4, -0.2) is 83.7 Å². The van der Waals surface area contributed by atoms with Crippen molar-refractivity contribution >= 4 is 97.8 Å². The van der Waals surface area contributed by atoms with Gasteiger partial charge in [-0.05, 0) is 70.8 Å². The first kappa shape index (κ1) is 31.3. The van der Waals surface area contributed by atoms with Crippen molar-refractivity contribution in [1.82, 2.24) is 0 Å². The van der Waals surface area contributed by atoms with Gasteiger partial charge >= 0.3 is 0 Å². The van der Waals surface area contributed by atoms with Gasteiger partial charge in [0, 0.05) is 87.2 Å². The molecule has 8 bridgehead atoms. The first-order valence-electron chi connectivity index (χ1n) is 18.0. The normalized spacial score (nSPS) is 17.3. The maximum Gasteiger partial charge on any atom is 0.164 e. The van der Waals surface area contributed by atoms with Gasteiger partial charge in [-0.25, -0.2) is 39.9 Å². The standard InChI is InChI=1S/C44H27N9.Sn/c1-2-10-30-29(9-1)37-45-38(30)47-40-32-12-4-6-14-34(32)42(49-40)51-44-36-23-27-20-25-21-28(53-17-7-8-18-53)16-15-24(25)19-26(27)22-35(36)43(52-44)50-41-33-13-5-3-11-31(33)39(46-37)48-41;/h1-6,9-16,19-23H,7-8,17-18H2;. The fraction of sp³-hybridized carbons (Fsp3) is 0.0909. The molecule has 6 aromatic rings. The molecule has 6 heterocycles. The number of hydrogen-bond donors (Lipinski definition) is 0. The molecule has 0 N–H and O–H groups in total. The molecule has 0 amide bonds. The fourth-order valence-corrected chi connectivity index (χ4v) is 8.16. The SMILES string of the molecule is [Sn].c1ccc2c(c1)C1=NC2=NC2=NC(=NC3=NC(=NC4=NC(=N1)c1ccccc14)c1cc4cc5ccc(N6CCCC6)cc5cc4cc13)c1ccccc12. The van der Waals surface area contributed by atoms with Gasteiger partial charge in [-0.3, -0.25) is 0 Å². The molecule has 6 aliphatic rings. The van der Waals surface area contributed by atoms with Crippen molar-refractivity contribution in [2.45, 2.75) is 12.8 Å². The van der Waals surface area contributed by atoms with E-state index in [-0.39, 0.29) is 23.9 Å². The van der Waals surface area contributed by atoms with E-state index in [1.165, 1.54) is 29.3 Å². The third-order valence-electron chi connectivity index (χ3n) is 10.8. The number of fused-ring (bicyclic) bond motifs is 18. The predicted molar refractivity (Wildman–Crippen MR) is 220 cm³/mol. The zero-order chi connectivity index (χ0) is 34.6. The summed E-state index contributed by atoms with van der Waals surface area (Å²) in [6.45, 7) is 2.22. The summed E-state index contributed by atoms with van der Waals surface area (Å²) in [7, 11) is 0. The number of benzene rings is 6. The van der Waals surface area contributed by atoms with Gasteiger partial charge in [-0.15, -0.1) is 0 Å². The topological polar surface area (TPSA) is 102 Å². The van der Waals surface area contributed by atoms with Crippen LogP contribution in [-0.2, 0) is 0 Å². The van der Waals surface area contributed by atoms with Crippen LogP contribution in [0.4, 0.5) is 5.69 Å². The maximum absolute atomic E-state index is 5.18. The quantitative estimate of drug-likeness (QED) is 0.126. The van der Waals surface area contributed by atoms with Crippen LogP contribution < -0.4 is 4.90 Å². The minimum Gasteiger partial charge on any atom is -0.372 e. The Morgan fingerprint density at radius 3 is 1.00 bits per heavy atom. The molecular weight excluding hydrogens is 773 g/mol. The molecular formula is C44H27N9Sn. The maximum atomic E-state index is 5.18. The summed E-state index contributed by atoms with van der Waals surface area (Å²) in [4.78, 5) is 43.0. The Morgan fingerprint density at radius 1 is 0.315 bits per heavy atom. The molecule has 12 rings (SSSR count). The van der Waals surface area contributed by atoms with E-state index in [2.05, 4.69) is 47.4 Å². The number of aliphatic imine (C=N–C) groups is 8. The second kappa shape index (κ2) is 11.9. The van der Waals surface area contributed by atoms with Gasteiger partial charge in [-0.1, -0.05) is 78.9 Å². The first-order valence-corrected chi connectivity index (χ1v) is 18.0. The van der Waals surface area contributed by atoms with Gasteiger partial charge in [0.2, 0.25) is 0 Å². The van der Waals surface area contributed by atoms with Crippen LogP contribution in [0.3, 0.4) is 0 Å². The average Bonchev–Trinajstić information content (AvgIpc) is 4.03. The van der Waals surface area contributed by atoms with Gasteiger partial charge in [0.1, 0.15) is 0 Å². The minimum atomic E-state index is 0. The van der Waals surface area contributed by atoms with Crippen LogP contribution in [0.2, 0.25) is 0 Å². The molecule has 6 aromatic carbocycles. The van der Waals surface area contributed by atoms with Crippen LogP contribution in [0, 0.1) is 0 Å². The molecule has 0 aliphatic carbocycles. The Hall–Kier alpha value is -6.20. The minimum absolute atomic E-state index is 0. The van der Waals surface area contributed by atoms with E-state index in [0.717, 1.165) is 68.4 Å². The molecule has 4 radical (unpaired) electrons. The van der Waals surface area contributed by atoms with Crippen molar-refractivity contribution < 1.29 is 0 Å². The number of hydrogen-bond acceptors (Lipinski definition) is 9. The molecule has 252 valence electrons. The summed E-state index contributed by atoms with van der Waals surface area (Å²) in [5, 5.41) is 4.64. The Kier molecular flexibility index (Phi) is 6.91. The molecule has 9 nitrogen and oxygen atoms in total. The fourth-order valence-electron chi connectivity index (χ4n) is 8.16. The summed E-state index contributed by atoms with van der Waals surface area (Å²) >= 11 is 0.